The number of esters is 1. The number of amides is 1. The van der Waals surface area contributed by atoms with Crippen LogP contribution >= 0.6 is 15.9 Å². The molecular formula is C29H26BrN7O4. The third-order valence-electron chi connectivity index (χ3n) is 7.44. The highest BCUT2D eigenvalue weighted by Gasteiger charge is 2.43. The van der Waals surface area contributed by atoms with Gasteiger partial charge in [-0.25, -0.2) is 14.2 Å². The molecule has 12 heteroatoms. The molecule has 1 saturated heterocycles. The molecule has 0 unspecified atom stereocenters. The molecule has 11 nitrogen and oxygen atoms in total. The average molecular weight is 616 g/mol. The molecule has 2 atom stereocenters. The lowest BCUT2D eigenvalue weighted by Crippen LogP contribution is -2.41. The standard InChI is InChI=1S/C29H26BrN7O4/c1-17-27(32-34-37(17)23-11-7-6-10-21(23)30)28(38)35-15-19(14-24(35)29(39)41-3)36-16-22(31-33-36)26-20-9-5-4-8-18(20)12-13-25(26)40-2/h4-13,16,19,24H,14-15H2,1-3H3/t19-,24+/m1/s1. The molecule has 0 bridgehead atoms. The van der Waals surface area contributed by atoms with Gasteiger partial charge in [0, 0.05) is 17.4 Å². The molecule has 41 heavy (non-hydrogen) atoms. The van der Waals surface area contributed by atoms with E-state index < -0.39 is 17.9 Å². The van der Waals surface area contributed by atoms with Crippen molar-refractivity contribution < 1.29 is 19.1 Å². The number of aromatic nitrogens is 6. The Morgan fingerprint density at radius 2 is 1.76 bits per heavy atom. The molecule has 1 aliphatic heterocycles. The van der Waals surface area contributed by atoms with Crippen molar-refractivity contribution in [3.8, 4) is 22.7 Å². The van der Waals surface area contributed by atoms with Gasteiger partial charge in [-0.3, -0.25) is 4.79 Å². The van der Waals surface area contributed by atoms with Gasteiger partial charge < -0.3 is 14.4 Å². The number of rotatable bonds is 6. The average Bonchev–Trinajstić information content (AvgIpc) is 3.75. The van der Waals surface area contributed by atoms with Crippen LogP contribution in [0.3, 0.4) is 0 Å². The summed E-state index contributed by atoms with van der Waals surface area (Å²) >= 11 is 3.52. The number of hydrogen-bond acceptors (Lipinski definition) is 8. The Morgan fingerprint density at radius 3 is 2.54 bits per heavy atom. The first-order valence-electron chi connectivity index (χ1n) is 12.9. The van der Waals surface area contributed by atoms with E-state index in [4.69, 9.17) is 9.47 Å². The summed E-state index contributed by atoms with van der Waals surface area (Å²) in [5.74, 6) is -0.238. The van der Waals surface area contributed by atoms with E-state index in [0.29, 0.717) is 23.6 Å². The van der Waals surface area contributed by atoms with Crippen molar-refractivity contribution in [3.63, 3.8) is 0 Å². The second kappa shape index (κ2) is 10.8. The third kappa shape index (κ3) is 4.63. The molecular weight excluding hydrogens is 590 g/mol. The minimum atomic E-state index is -0.815. The van der Waals surface area contributed by atoms with Crippen LogP contribution in [0.5, 0.6) is 5.75 Å². The fraction of sp³-hybridized carbons (Fsp3) is 0.241. The fourth-order valence-electron chi connectivity index (χ4n) is 5.36. The number of halogens is 1. The maximum Gasteiger partial charge on any atom is 0.328 e. The first-order valence-corrected chi connectivity index (χ1v) is 13.7. The summed E-state index contributed by atoms with van der Waals surface area (Å²) in [6.07, 6.45) is 2.14. The summed E-state index contributed by atoms with van der Waals surface area (Å²) in [5.41, 5.74) is 2.92. The zero-order valence-electron chi connectivity index (χ0n) is 22.6. The summed E-state index contributed by atoms with van der Waals surface area (Å²) in [7, 11) is 2.93. The van der Waals surface area contributed by atoms with Crippen LogP contribution in [0.4, 0.5) is 0 Å². The molecule has 0 spiro atoms. The van der Waals surface area contributed by atoms with Crippen LogP contribution < -0.4 is 4.74 Å². The second-order valence-corrected chi connectivity index (χ2v) is 10.6. The minimum absolute atomic E-state index is 0.162. The molecule has 6 rings (SSSR count). The zero-order chi connectivity index (χ0) is 28.7. The normalized spacial score (nSPS) is 16.7. The summed E-state index contributed by atoms with van der Waals surface area (Å²) in [5, 5.41) is 19.3. The first kappa shape index (κ1) is 26.6. The molecule has 208 valence electrons. The Kier molecular flexibility index (Phi) is 7.00. The van der Waals surface area contributed by atoms with Gasteiger partial charge in [0.15, 0.2) is 5.69 Å². The van der Waals surface area contributed by atoms with Gasteiger partial charge in [-0.15, -0.1) is 10.2 Å². The van der Waals surface area contributed by atoms with Crippen LogP contribution in [-0.4, -0.2) is 73.6 Å². The van der Waals surface area contributed by atoms with E-state index in [0.717, 1.165) is 26.5 Å². The first-order chi connectivity index (χ1) is 19.9. The molecule has 5 aromatic rings. The van der Waals surface area contributed by atoms with Gasteiger partial charge >= 0.3 is 5.97 Å². The van der Waals surface area contributed by atoms with E-state index in [1.165, 1.54) is 12.0 Å². The Morgan fingerprint density at radius 1 is 0.976 bits per heavy atom. The van der Waals surface area contributed by atoms with Gasteiger partial charge in [0.25, 0.3) is 5.91 Å². The number of fused-ring (bicyclic) bond motifs is 1. The Bertz CT molecular complexity index is 1780. The van der Waals surface area contributed by atoms with Crippen molar-refractivity contribution in [1.29, 1.82) is 0 Å². The molecule has 2 aromatic heterocycles. The van der Waals surface area contributed by atoms with E-state index in [-0.39, 0.29) is 18.3 Å². The number of carbonyl (C=O) groups is 2. The maximum absolute atomic E-state index is 13.8. The molecule has 0 radical (unpaired) electrons. The summed E-state index contributed by atoms with van der Waals surface area (Å²) < 4.78 is 14.8. The van der Waals surface area contributed by atoms with E-state index in [9.17, 15) is 9.59 Å². The number of nitrogens with zero attached hydrogens (tertiary/aromatic N) is 7. The van der Waals surface area contributed by atoms with Crippen molar-refractivity contribution in [2.24, 2.45) is 0 Å². The highest BCUT2D eigenvalue weighted by molar-refractivity contribution is 9.10. The predicted octanol–water partition coefficient (Wildman–Crippen LogP) is 4.39. The number of carbonyl (C=O) groups excluding carboxylic acids is 2. The van der Waals surface area contributed by atoms with Gasteiger partial charge in [0.05, 0.1) is 43.4 Å². The smallest absolute Gasteiger partial charge is 0.328 e. The molecule has 0 N–H and O–H groups in total. The monoisotopic (exact) mass is 615 g/mol. The van der Waals surface area contributed by atoms with Crippen molar-refractivity contribution >= 4 is 38.6 Å². The highest BCUT2D eigenvalue weighted by Crippen LogP contribution is 2.37. The zero-order valence-corrected chi connectivity index (χ0v) is 24.1. The van der Waals surface area contributed by atoms with Crippen molar-refractivity contribution in [2.75, 3.05) is 20.8 Å². The van der Waals surface area contributed by atoms with Crippen LogP contribution in [0.25, 0.3) is 27.7 Å². The molecule has 1 aliphatic rings. The second-order valence-electron chi connectivity index (χ2n) is 9.72. The highest BCUT2D eigenvalue weighted by atomic mass is 79.9. The largest absolute Gasteiger partial charge is 0.496 e. The lowest BCUT2D eigenvalue weighted by Gasteiger charge is -2.21. The van der Waals surface area contributed by atoms with Gasteiger partial charge in [-0.2, -0.15) is 0 Å². The number of para-hydroxylation sites is 1. The van der Waals surface area contributed by atoms with Crippen LogP contribution in [0.2, 0.25) is 0 Å². The van der Waals surface area contributed by atoms with Crippen LogP contribution in [0.15, 0.2) is 71.3 Å². The lowest BCUT2D eigenvalue weighted by atomic mass is 10.0. The van der Waals surface area contributed by atoms with Crippen molar-refractivity contribution in [3.05, 3.63) is 82.7 Å². The number of likely N-dealkylation sites (tertiary alicyclic amines) is 1. The summed E-state index contributed by atoms with van der Waals surface area (Å²) in [6, 6.07) is 18.3. The van der Waals surface area contributed by atoms with Gasteiger partial charge in [0.2, 0.25) is 0 Å². The van der Waals surface area contributed by atoms with Crippen LogP contribution in [0, 0.1) is 6.92 Å². The molecule has 0 aliphatic carbocycles. The molecule has 3 heterocycles. The van der Waals surface area contributed by atoms with Gasteiger partial charge in [-0.1, -0.05) is 52.9 Å². The lowest BCUT2D eigenvalue weighted by molar-refractivity contribution is -0.145. The molecule has 1 fully saturated rings. The molecule has 3 aromatic carbocycles. The summed E-state index contributed by atoms with van der Waals surface area (Å²) in [6.45, 7) is 1.99. The topological polar surface area (TPSA) is 117 Å². The summed E-state index contributed by atoms with van der Waals surface area (Å²) in [4.78, 5) is 28.1. The Balaban J connectivity index is 1.32. The number of benzene rings is 3. The van der Waals surface area contributed by atoms with E-state index in [1.54, 1.807) is 23.4 Å². The van der Waals surface area contributed by atoms with E-state index in [1.807, 2.05) is 66.9 Å². The minimum Gasteiger partial charge on any atom is -0.496 e. The third-order valence-corrected chi connectivity index (χ3v) is 8.11. The maximum atomic E-state index is 13.8. The van der Waals surface area contributed by atoms with Crippen LogP contribution in [-0.2, 0) is 9.53 Å². The quantitative estimate of drug-likeness (QED) is 0.258. The van der Waals surface area contributed by atoms with E-state index >= 15 is 0 Å². The van der Waals surface area contributed by atoms with Gasteiger partial charge in [-0.05, 0) is 51.8 Å². The van der Waals surface area contributed by atoms with Crippen LogP contribution in [0.1, 0.15) is 28.6 Å². The van der Waals surface area contributed by atoms with E-state index in [2.05, 4.69) is 36.6 Å². The Labute approximate surface area is 243 Å². The number of methoxy groups -OCH3 is 2. The fourth-order valence-corrected chi connectivity index (χ4v) is 5.81. The Hall–Kier alpha value is -4.58. The molecule has 0 saturated carbocycles. The van der Waals surface area contributed by atoms with Gasteiger partial charge in [0.1, 0.15) is 17.5 Å². The number of ether oxygens (including phenoxy) is 2. The van der Waals surface area contributed by atoms with Crippen molar-refractivity contribution in [1.82, 2.24) is 34.9 Å². The van der Waals surface area contributed by atoms with Crippen molar-refractivity contribution in [2.45, 2.75) is 25.4 Å². The SMILES string of the molecule is COC(=O)[C@@H]1C[C@@H](n2cc(-c3c(OC)ccc4ccccc34)nn2)CN1C(=O)c1nnn(-c2ccccc2Br)c1C. The predicted molar refractivity (Wildman–Crippen MR) is 154 cm³/mol. The number of hydrogen-bond donors (Lipinski definition) is 0. The molecule has 1 amide bonds.